The van der Waals surface area contributed by atoms with Gasteiger partial charge < -0.3 is 0 Å². The Balaban J connectivity index is 3.91. The lowest BCUT2D eigenvalue weighted by molar-refractivity contribution is 0.278. The lowest BCUT2D eigenvalue weighted by atomic mass is 9.74. The third kappa shape index (κ3) is 6.18. The van der Waals surface area contributed by atoms with Gasteiger partial charge in [-0.3, -0.25) is 0 Å². The first-order valence-corrected chi connectivity index (χ1v) is 5.72. The molecule has 13 heavy (non-hydrogen) atoms. The van der Waals surface area contributed by atoms with E-state index in [9.17, 15) is 0 Å². The van der Waals surface area contributed by atoms with Crippen LogP contribution in [0.15, 0.2) is 0 Å². The maximum absolute atomic E-state index is 5.84. The van der Waals surface area contributed by atoms with Gasteiger partial charge in [0.15, 0.2) is 0 Å². The summed E-state index contributed by atoms with van der Waals surface area (Å²) in [6, 6.07) is 0. The maximum atomic E-state index is 5.84. The summed E-state index contributed by atoms with van der Waals surface area (Å²) in [5.41, 5.74) is 0. The maximum Gasteiger partial charge on any atom is 0.0695 e. The summed E-state index contributed by atoms with van der Waals surface area (Å²) >= 11 is 0. The van der Waals surface area contributed by atoms with Gasteiger partial charge >= 0.3 is 0 Å². The van der Waals surface area contributed by atoms with E-state index < -0.39 is 0 Å². The van der Waals surface area contributed by atoms with E-state index in [4.69, 9.17) is 7.85 Å². The van der Waals surface area contributed by atoms with Crippen LogP contribution in [0, 0.1) is 17.8 Å². The molecule has 3 unspecified atom stereocenters. The smallest absolute Gasteiger partial charge is 0.0695 e. The molecule has 0 aromatic rings. The molecule has 2 radical (unpaired) electrons. The number of hydrogen-bond donors (Lipinski definition) is 0. The molecular formula is C12H25B. The molecule has 0 nitrogen and oxygen atoms in total. The topological polar surface area (TPSA) is 0 Å². The fourth-order valence-corrected chi connectivity index (χ4v) is 2.21. The fourth-order valence-electron chi connectivity index (χ4n) is 2.21. The molecule has 0 rings (SSSR count). The predicted molar refractivity (Wildman–Crippen MR) is 62.2 cm³/mol. The average Bonchev–Trinajstić information content (AvgIpc) is 1.98. The minimum atomic E-state index is 0.361. The van der Waals surface area contributed by atoms with Crippen molar-refractivity contribution < 1.29 is 0 Å². The highest BCUT2D eigenvalue weighted by atomic mass is 14.2. The Bertz CT molecular complexity index is 118. The zero-order valence-electron chi connectivity index (χ0n) is 10.0. The fraction of sp³-hybridized carbons (Fsp3) is 1.00. The molecule has 1 heteroatoms. The van der Waals surface area contributed by atoms with Gasteiger partial charge in [-0.05, 0) is 24.2 Å². The summed E-state index contributed by atoms with van der Waals surface area (Å²) in [4.78, 5) is 0. The van der Waals surface area contributed by atoms with Crippen LogP contribution in [0.25, 0.3) is 0 Å². The Labute approximate surface area is 85.9 Å². The molecular weight excluding hydrogens is 155 g/mol. The first-order valence-electron chi connectivity index (χ1n) is 5.72. The van der Waals surface area contributed by atoms with Crippen molar-refractivity contribution in [3.8, 4) is 0 Å². The summed E-state index contributed by atoms with van der Waals surface area (Å²) in [6.45, 7) is 11.4. The van der Waals surface area contributed by atoms with E-state index in [1.165, 1.54) is 19.3 Å². The largest absolute Gasteiger partial charge is 0.0799 e. The van der Waals surface area contributed by atoms with Gasteiger partial charge in [0, 0.05) is 0 Å². The van der Waals surface area contributed by atoms with Gasteiger partial charge in [-0.1, -0.05) is 53.3 Å². The van der Waals surface area contributed by atoms with Crippen molar-refractivity contribution in [2.24, 2.45) is 17.8 Å². The standard InChI is InChI=1S/C12H25B/c1-6-12(8-11(5)13)10(4)7-9(2)3/h9-12H,6-8H2,1-5H3. The molecule has 0 saturated carbocycles. The molecule has 0 amide bonds. The van der Waals surface area contributed by atoms with Crippen LogP contribution < -0.4 is 0 Å². The van der Waals surface area contributed by atoms with E-state index >= 15 is 0 Å². The van der Waals surface area contributed by atoms with Gasteiger partial charge in [0.2, 0.25) is 0 Å². The van der Waals surface area contributed by atoms with E-state index in [2.05, 4.69) is 34.6 Å². The Morgan fingerprint density at radius 1 is 1.00 bits per heavy atom. The summed E-state index contributed by atoms with van der Waals surface area (Å²) in [5.74, 6) is 2.83. The number of rotatable bonds is 6. The van der Waals surface area contributed by atoms with Crippen molar-refractivity contribution in [2.45, 2.75) is 59.7 Å². The predicted octanol–water partition coefficient (Wildman–Crippen LogP) is 4.06. The van der Waals surface area contributed by atoms with Crippen molar-refractivity contribution in [3.63, 3.8) is 0 Å². The van der Waals surface area contributed by atoms with Crippen molar-refractivity contribution >= 4 is 7.85 Å². The Hall–Kier alpha value is 0.0649. The second kappa shape index (κ2) is 6.51. The van der Waals surface area contributed by atoms with Crippen molar-refractivity contribution in [1.82, 2.24) is 0 Å². The number of hydrogen-bond acceptors (Lipinski definition) is 0. The van der Waals surface area contributed by atoms with Crippen LogP contribution in [-0.4, -0.2) is 7.85 Å². The molecule has 0 bridgehead atoms. The van der Waals surface area contributed by atoms with Gasteiger partial charge in [0.25, 0.3) is 0 Å². The molecule has 0 aliphatic rings. The summed E-state index contributed by atoms with van der Waals surface area (Å²) in [6.07, 6.45) is 3.80. The first-order chi connectivity index (χ1) is 5.97. The highest BCUT2D eigenvalue weighted by Gasteiger charge is 2.17. The molecule has 0 N–H and O–H groups in total. The lowest BCUT2D eigenvalue weighted by Crippen LogP contribution is -2.14. The molecule has 0 spiro atoms. The lowest BCUT2D eigenvalue weighted by Gasteiger charge is -2.25. The second-order valence-electron chi connectivity index (χ2n) is 4.99. The Morgan fingerprint density at radius 3 is 1.85 bits per heavy atom. The Morgan fingerprint density at radius 2 is 1.54 bits per heavy atom. The van der Waals surface area contributed by atoms with Crippen LogP contribution in [0.5, 0.6) is 0 Å². The van der Waals surface area contributed by atoms with E-state index in [0.717, 1.165) is 17.8 Å². The van der Waals surface area contributed by atoms with E-state index in [1.807, 2.05) is 0 Å². The molecule has 0 aliphatic carbocycles. The monoisotopic (exact) mass is 180 g/mol. The van der Waals surface area contributed by atoms with Gasteiger partial charge in [0.05, 0.1) is 7.85 Å². The summed E-state index contributed by atoms with van der Waals surface area (Å²) in [5, 5.41) is 0. The van der Waals surface area contributed by atoms with Crippen LogP contribution in [0.4, 0.5) is 0 Å². The van der Waals surface area contributed by atoms with Gasteiger partial charge in [-0.2, -0.15) is 0 Å². The van der Waals surface area contributed by atoms with Crippen molar-refractivity contribution in [1.29, 1.82) is 0 Å². The van der Waals surface area contributed by atoms with Gasteiger partial charge in [-0.15, -0.1) is 0 Å². The Kier molecular flexibility index (Phi) is 6.54. The highest BCUT2D eigenvalue weighted by Crippen LogP contribution is 2.29. The molecule has 76 valence electrons. The second-order valence-corrected chi connectivity index (χ2v) is 4.99. The van der Waals surface area contributed by atoms with Crippen molar-refractivity contribution in [2.75, 3.05) is 0 Å². The molecule has 0 heterocycles. The normalized spacial score (nSPS) is 18.6. The highest BCUT2D eigenvalue weighted by molar-refractivity contribution is 6.11. The SMILES string of the molecule is [B]C(C)CC(CC)C(C)CC(C)C. The molecule has 0 aliphatic heterocycles. The van der Waals surface area contributed by atoms with Crippen LogP contribution in [-0.2, 0) is 0 Å². The molecule has 0 saturated heterocycles. The third-order valence-corrected chi connectivity index (χ3v) is 2.85. The molecule has 0 fully saturated rings. The molecule has 0 aromatic heterocycles. The molecule has 3 atom stereocenters. The average molecular weight is 180 g/mol. The summed E-state index contributed by atoms with van der Waals surface area (Å²) < 4.78 is 0. The zero-order valence-corrected chi connectivity index (χ0v) is 10.0. The molecule has 0 aromatic carbocycles. The first kappa shape index (κ1) is 13.1. The van der Waals surface area contributed by atoms with Crippen LogP contribution in [0.1, 0.15) is 53.9 Å². The van der Waals surface area contributed by atoms with Gasteiger partial charge in [-0.25, -0.2) is 0 Å². The van der Waals surface area contributed by atoms with Crippen LogP contribution >= 0.6 is 0 Å². The van der Waals surface area contributed by atoms with E-state index in [1.54, 1.807) is 0 Å². The summed E-state index contributed by atoms with van der Waals surface area (Å²) in [7, 11) is 5.84. The minimum Gasteiger partial charge on any atom is -0.0799 e. The van der Waals surface area contributed by atoms with Crippen LogP contribution in [0.3, 0.4) is 0 Å². The van der Waals surface area contributed by atoms with Crippen LogP contribution in [0.2, 0.25) is 5.82 Å². The third-order valence-electron chi connectivity index (χ3n) is 2.85. The van der Waals surface area contributed by atoms with Crippen molar-refractivity contribution in [3.05, 3.63) is 0 Å². The van der Waals surface area contributed by atoms with E-state index in [-0.39, 0.29) is 0 Å². The zero-order chi connectivity index (χ0) is 10.4. The minimum absolute atomic E-state index is 0.361. The van der Waals surface area contributed by atoms with Gasteiger partial charge in [0.1, 0.15) is 0 Å². The van der Waals surface area contributed by atoms with E-state index in [0.29, 0.717) is 5.82 Å². The quantitative estimate of drug-likeness (QED) is 0.540.